The van der Waals surface area contributed by atoms with Crippen LogP contribution in [-0.4, -0.2) is 54.5 Å². The molecule has 1 amide bonds. The summed E-state index contributed by atoms with van der Waals surface area (Å²) in [7, 11) is 4.18. The van der Waals surface area contributed by atoms with Gasteiger partial charge in [0.25, 0.3) is 0 Å². The van der Waals surface area contributed by atoms with Crippen molar-refractivity contribution in [3.63, 3.8) is 0 Å². The normalized spacial score (nSPS) is 18.4. The number of rotatable bonds is 10. The number of nitriles is 1. The molecule has 2 aromatic rings. The fourth-order valence-electron chi connectivity index (χ4n) is 4.78. The van der Waals surface area contributed by atoms with Gasteiger partial charge in [0.1, 0.15) is 11.2 Å². The molecular formula is C29H33ClN6O. The summed E-state index contributed by atoms with van der Waals surface area (Å²) in [5.74, 6) is 1.67. The molecule has 0 bridgehead atoms. The molecule has 1 saturated carbocycles. The summed E-state index contributed by atoms with van der Waals surface area (Å²) in [5.41, 5.74) is 2.55. The number of hydrogen-bond donors (Lipinski definition) is 1. The van der Waals surface area contributed by atoms with Gasteiger partial charge in [0.2, 0.25) is 5.91 Å². The van der Waals surface area contributed by atoms with Crippen LogP contribution in [0, 0.1) is 22.7 Å². The molecule has 8 heteroatoms. The average Bonchev–Trinajstić information content (AvgIpc) is 3.56. The zero-order valence-electron chi connectivity index (χ0n) is 21.5. The van der Waals surface area contributed by atoms with Crippen LogP contribution >= 0.6 is 11.6 Å². The Morgan fingerprint density at radius 1 is 1.35 bits per heavy atom. The first-order valence-electron chi connectivity index (χ1n) is 12.5. The van der Waals surface area contributed by atoms with E-state index in [4.69, 9.17) is 16.6 Å². The second-order valence-corrected chi connectivity index (χ2v) is 10.5. The number of carbonyl (C=O) groups excluding carboxylic acids is 1. The Morgan fingerprint density at radius 2 is 2.14 bits per heavy atom. The lowest BCUT2D eigenvalue weighted by molar-refractivity contribution is -0.124. The maximum Gasteiger partial charge on any atom is 0.240 e. The molecule has 1 unspecified atom stereocenters. The first-order valence-corrected chi connectivity index (χ1v) is 12.9. The highest BCUT2D eigenvalue weighted by Gasteiger charge is 2.50. The second-order valence-electron chi connectivity index (χ2n) is 10.1. The Kier molecular flexibility index (Phi) is 8.11. The summed E-state index contributed by atoms with van der Waals surface area (Å²) >= 11 is 6.48. The average molecular weight is 517 g/mol. The molecule has 0 spiro atoms. The Morgan fingerprint density at radius 3 is 2.78 bits per heavy atom. The van der Waals surface area contributed by atoms with Crippen molar-refractivity contribution in [1.29, 1.82) is 5.26 Å². The molecule has 7 nitrogen and oxygen atoms in total. The van der Waals surface area contributed by atoms with Gasteiger partial charge in [-0.05, 0) is 68.6 Å². The van der Waals surface area contributed by atoms with E-state index in [1.54, 1.807) is 18.3 Å². The van der Waals surface area contributed by atoms with E-state index in [9.17, 15) is 10.1 Å². The van der Waals surface area contributed by atoms with E-state index in [0.29, 0.717) is 29.6 Å². The Hall–Kier alpha value is -3.47. The van der Waals surface area contributed by atoms with Crippen molar-refractivity contribution in [2.75, 3.05) is 38.6 Å². The maximum atomic E-state index is 12.6. The molecule has 1 aliphatic heterocycles. The number of hydrogen-bond acceptors (Lipinski definition) is 6. The van der Waals surface area contributed by atoms with Crippen molar-refractivity contribution < 1.29 is 4.79 Å². The monoisotopic (exact) mass is 516 g/mol. The van der Waals surface area contributed by atoms with E-state index in [-0.39, 0.29) is 12.5 Å². The van der Waals surface area contributed by atoms with Crippen molar-refractivity contribution in [3.8, 4) is 17.5 Å². The lowest BCUT2D eigenvalue weighted by Crippen LogP contribution is -2.32. The minimum Gasteiger partial charge on any atom is -0.356 e. The highest BCUT2D eigenvalue weighted by Crippen LogP contribution is 2.45. The Bertz CT molecular complexity index is 1270. The molecule has 4 rings (SSSR count). The molecular weight excluding hydrogens is 484 g/mol. The van der Waals surface area contributed by atoms with Gasteiger partial charge in [0, 0.05) is 48.5 Å². The Balaban J connectivity index is 1.67. The first-order chi connectivity index (χ1) is 17.8. The van der Waals surface area contributed by atoms with Crippen LogP contribution in [0.25, 0.3) is 17.0 Å². The van der Waals surface area contributed by atoms with E-state index in [1.807, 2.05) is 24.3 Å². The SMILES string of the molecule is C=C/C=C(\C=C)c1cc(Cl)cc(-c2ncc(CNC(=O)C3(C#N)CC3)c(N3CCC(CN(C)C)C3)n2)c1. The molecule has 37 heavy (non-hydrogen) atoms. The number of allylic oxidation sites excluding steroid dienone is 4. The van der Waals surface area contributed by atoms with Gasteiger partial charge < -0.3 is 15.1 Å². The molecule has 0 radical (unpaired) electrons. The van der Waals surface area contributed by atoms with Crippen LogP contribution in [-0.2, 0) is 11.3 Å². The van der Waals surface area contributed by atoms with Gasteiger partial charge in [0.15, 0.2) is 5.82 Å². The predicted molar refractivity (Wildman–Crippen MR) is 149 cm³/mol. The summed E-state index contributed by atoms with van der Waals surface area (Å²) in [6, 6.07) is 7.88. The number of nitrogens with zero attached hydrogens (tertiary/aromatic N) is 5. The third kappa shape index (κ3) is 6.10. The lowest BCUT2D eigenvalue weighted by atomic mass is 10.0. The van der Waals surface area contributed by atoms with Crippen molar-refractivity contribution >= 4 is 28.9 Å². The van der Waals surface area contributed by atoms with Crippen LogP contribution in [0.4, 0.5) is 5.82 Å². The summed E-state index contributed by atoms with van der Waals surface area (Å²) in [5, 5.41) is 12.9. The largest absolute Gasteiger partial charge is 0.356 e. The van der Waals surface area contributed by atoms with Gasteiger partial charge in [-0.1, -0.05) is 43.0 Å². The number of aromatic nitrogens is 2. The van der Waals surface area contributed by atoms with E-state index in [0.717, 1.165) is 54.1 Å². The highest BCUT2D eigenvalue weighted by atomic mass is 35.5. The number of carbonyl (C=O) groups is 1. The van der Waals surface area contributed by atoms with Gasteiger partial charge >= 0.3 is 0 Å². The first kappa shape index (κ1) is 26.6. The van der Waals surface area contributed by atoms with Crippen molar-refractivity contribution in [1.82, 2.24) is 20.2 Å². The summed E-state index contributed by atoms with van der Waals surface area (Å²) < 4.78 is 0. The molecule has 192 valence electrons. The number of amides is 1. The second kappa shape index (κ2) is 11.3. The van der Waals surface area contributed by atoms with Gasteiger partial charge in [-0.2, -0.15) is 5.26 Å². The number of benzene rings is 1. The molecule has 1 aromatic heterocycles. The zero-order valence-corrected chi connectivity index (χ0v) is 22.3. The smallest absolute Gasteiger partial charge is 0.240 e. The van der Waals surface area contributed by atoms with E-state index < -0.39 is 5.41 Å². The maximum absolute atomic E-state index is 12.6. The van der Waals surface area contributed by atoms with Gasteiger partial charge in [0.05, 0.1) is 6.07 Å². The van der Waals surface area contributed by atoms with Crippen molar-refractivity contribution in [2.24, 2.45) is 11.3 Å². The molecule has 2 heterocycles. The minimum atomic E-state index is -0.871. The predicted octanol–water partition coefficient (Wildman–Crippen LogP) is 4.86. The van der Waals surface area contributed by atoms with Crippen LogP contribution in [0.15, 0.2) is 55.8 Å². The number of halogens is 1. The number of nitrogens with one attached hydrogen (secondary N) is 1. The quantitative estimate of drug-likeness (QED) is 0.454. The molecule has 1 aromatic carbocycles. The molecule has 2 aliphatic rings. The van der Waals surface area contributed by atoms with Crippen LogP contribution in [0.3, 0.4) is 0 Å². The minimum absolute atomic E-state index is 0.220. The van der Waals surface area contributed by atoms with E-state index in [2.05, 4.69) is 53.4 Å². The van der Waals surface area contributed by atoms with Crippen LogP contribution < -0.4 is 10.2 Å². The fraction of sp³-hybridized carbons (Fsp3) is 0.379. The Labute approximate surface area is 224 Å². The van der Waals surface area contributed by atoms with Crippen LogP contribution in [0.2, 0.25) is 5.02 Å². The van der Waals surface area contributed by atoms with Crippen LogP contribution in [0.5, 0.6) is 0 Å². The van der Waals surface area contributed by atoms with Gasteiger partial charge in [-0.15, -0.1) is 0 Å². The van der Waals surface area contributed by atoms with Crippen LogP contribution in [0.1, 0.15) is 30.4 Å². The zero-order chi connectivity index (χ0) is 26.6. The summed E-state index contributed by atoms with van der Waals surface area (Å²) in [6.45, 7) is 10.7. The van der Waals surface area contributed by atoms with E-state index >= 15 is 0 Å². The third-order valence-corrected chi connectivity index (χ3v) is 7.11. The fourth-order valence-corrected chi connectivity index (χ4v) is 5.01. The number of anilines is 1. The topological polar surface area (TPSA) is 85.1 Å². The standard InChI is InChI=1S/C29H33ClN6O/c1-5-7-21(6-2)22-12-23(14-25(30)13-22)26-32-15-24(16-33-28(37)29(19-31)9-10-29)27(34-26)36-11-8-20(18-36)17-35(3)4/h5-7,12-15,20H,1-2,8-11,16-18H2,3-4H3,(H,33,37)/b21-7+. The van der Waals surface area contributed by atoms with Gasteiger partial charge in [-0.25, -0.2) is 9.97 Å². The molecule has 1 aliphatic carbocycles. The highest BCUT2D eigenvalue weighted by molar-refractivity contribution is 6.31. The molecule has 1 N–H and O–H groups in total. The van der Waals surface area contributed by atoms with Crippen molar-refractivity contribution in [2.45, 2.75) is 25.8 Å². The molecule has 1 atom stereocenters. The molecule has 2 fully saturated rings. The molecule has 1 saturated heterocycles. The van der Waals surface area contributed by atoms with Crippen molar-refractivity contribution in [3.05, 3.63) is 71.9 Å². The van der Waals surface area contributed by atoms with E-state index in [1.165, 1.54) is 0 Å². The summed E-state index contributed by atoms with van der Waals surface area (Å²) in [6.07, 6.45) is 9.42. The lowest BCUT2D eigenvalue weighted by Gasteiger charge is -2.23. The summed E-state index contributed by atoms with van der Waals surface area (Å²) in [4.78, 5) is 26.7. The third-order valence-electron chi connectivity index (χ3n) is 6.90. The van der Waals surface area contributed by atoms with Gasteiger partial charge in [-0.3, -0.25) is 4.79 Å².